The smallest absolute Gasteiger partial charge is 0.256 e. The Hall–Kier alpha value is -1.39. The molecule has 0 unspecified atom stereocenters. The predicted octanol–water partition coefficient (Wildman–Crippen LogP) is 2.18. The maximum atomic E-state index is 12.8. The van der Waals surface area contributed by atoms with Crippen LogP contribution in [0.1, 0.15) is 43.0 Å². The van der Waals surface area contributed by atoms with Crippen LogP contribution >= 0.6 is 0 Å². The van der Waals surface area contributed by atoms with Gasteiger partial charge in [0.2, 0.25) is 0 Å². The van der Waals surface area contributed by atoms with Crippen LogP contribution in [-0.2, 0) is 4.74 Å². The van der Waals surface area contributed by atoms with E-state index in [2.05, 4.69) is 6.92 Å². The summed E-state index contributed by atoms with van der Waals surface area (Å²) in [5, 5.41) is 9.87. The number of aliphatic hydroxyl groups is 1. The highest BCUT2D eigenvalue weighted by atomic mass is 16.5. The van der Waals surface area contributed by atoms with Gasteiger partial charge in [0.1, 0.15) is 5.72 Å². The van der Waals surface area contributed by atoms with Gasteiger partial charge in [-0.2, -0.15) is 0 Å². The van der Waals surface area contributed by atoms with Crippen molar-refractivity contribution in [2.45, 2.75) is 50.5 Å². The Morgan fingerprint density at radius 2 is 2.20 bits per heavy atom. The van der Waals surface area contributed by atoms with E-state index in [0.29, 0.717) is 25.0 Å². The van der Waals surface area contributed by atoms with Crippen molar-refractivity contribution in [1.82, 2.24) is 4.90 Å². The van der Waals surface area contributed by atoms with Crippen molar-refractivity contribution < 1.29 is 14.6 Å². The molecule has 2 fully saturated rings. The third-order valence-electron chi connectivity index (χ3n) is 4.48. The zero-order valence-electron chi connectivity index (χ0n) is 11.8. The predicted molar refractivity (Wildman–Crippen MR) is 75.2 cm³/mol. The number of carbonyl (C=O) groups excluding carboxylic acids is 1. The van der Waals surface area contributed by atoms with E-state index >= 15 is 0 Å². The SMILES string of the molecule is CC[C@H]1CO[C@@]2(CC[C@H](O)C2)N1C(=O)c1ccccc1. The van der Waals surface area contributed by atoms with Crippen molar-refractivity contribution in [2.75, 3.05) is 6.61 Å². The molecule has 2 aliphatic rings. The van der Waals surface area contributed by atoms with Crippen molar-refractivity contribution in [1.29, 1.82) is 0 Å². The number of carbonyl (C=O) groups is 1. The first-order chi connectivity index (χ1) is 9.66. The number of aliphatic hydroxyl groups excluding tert-OH is 1. The molecule has 0 radical (unpaired) electrons. The molecule has 1 spiro atoms. The van der Waals surface area contributed by atoms with E-state index in [1.54, 1.807) is 0 Å². The lowest BCUT2D eigenvalue weighted by Gasteiger charge is -2.36. The topological polar surface area (TPSA) is 49.8 Å². The van der Waals surface area contributed by atoms with E-state index in [0.717, 1.165) is 12.8 Å². The Labute approximate surface area is 119 Å². The van der Waals surface area contributed by atoms with Gasteiger partial charge in [-0.25, -0.2) is 0 Å². The molecule has 4 nitrogen and oxygen atoms in total. The largest absolute Gasteiger partial charge is 0.393 e. The van der Waals surface area contributed by atoms with Crippen LogP contribution in [0.5, 0.6) is 0 Å². The number of rotatable bonds is 2. The highest BCUT2D eigenvalue weighted by molar-refractivity contribution is 5.95. The minimum atomic E-state index is -0.590. The average Bonchev–Trinajstić information content (AvgIpc) is 3.03. The van der Waals surface area contributed by atoms with Crippen LogP contribution in [0.15, 0.2) is 30.3 Å². The lowest BCUT2D eigenvalue weighted by Crippen LogP contribution is -2.50. The minimum Gasteiger partial charge on any atom is -0.393 e. The molecule has 0 aromatic heterocycles. The van der Waals surface area contributed by atoms with Gasteiger partial charge in [0.15, 0.2) is 0 Å². The van der Waals surface area contributed by atoms with Gasteiger partial charge >= 0.3 is 0 Å². The first-order valence-corrected chi connectivity index (χ1v) is 7.37. The molecule has 1 aromatic carbocycles. The molecule has 20 heavy (non-hydrogen) atoms. The summed E-state index contributed by atoms with van der Waals surface area (Å²) in [7, 11) is 0. The zero-order valence-corrected chi connectivity index (χ0v) is 11.8. The summed E-state index contributed by atoms with van der Waals surface area (Å²) in [5.41, 5.74) is 0.102. The fraction of sp³-hybridized carbons (Fsp3) is 0.562. The van der Waals surface area contributed by atoms with Crippen LogP contribution < -0.4 is 0 Å². The molecule has 1 amide bonds. The minimum absolute atomic E-state index is 0.0176. The zero-order chi connectivity index (χ0) is 14.2. The van der Waals surface area contributed by atoms with Gasteiger partial charge in [-0.3, -0.25) is 4.79 Å². The van der Waals surface area contributed by atoms with Gasteiger partial charge in [-0.15, -0.1) is 0 Å². The number of amides is 1. The second-order valence-corrected chi connectivity index (χ2v) is 5.76. The Balaban J connectivity index is 1.92. The number of benzene rings is 1. The molecular formula is C16H21NO3. The van der Waals surface area contributed by atoms with E-state index in [-0.39, 0.29) is 18.1 Å². The van der Waals surface area contributed by atoms with Gasteiger partial charge in [0.05, 0.1) is 18.8 Å². The second kappa shape index (κ2) is 5.19. The summed E-state index contributed by atoms with van der Waals surface area (Å²) in [6.45, 7) is 2.64. The first-order valence-electron chi connectivity index (χ1n) is 7.37. The Kier molecular flexibility index (Phi) is 3.52. The normalized spacial score (nSPS) is 33.0. The molecule has 0 bridgehead atoms. The van der Waals surface area contributed by atoms with E-state index in [4.69, 9.17) is 4.74 Å². The first kappa shape index (κ1) is 13.6. The van der Waals surface area contributed by atoms with Crippen LogP contribution in [0.4, 0.5) is 0 Å². The maximum Gasteiger partial charge on any atom is 0.256 e. The van der Waals surface area contributed by atoms with Gasteiger partial charge in [0, 0.05) is 12.0 Å². The molecule has 1 N–H and O–H groups in total. The van der Waals surface area contributed by atoms with Gasteiger partial charge in [-0.05, 0) is 31.4 Å². The van der Waals surface area contributed by atoms with E-state index in [9.17, 15) is 9.90 Å². The fourth-order valence-corrected chi connectivity index (χ4v) is 3.41. The van der Waals surface area contributed by atoms with Crippen LogP contribution in [0.2, 0.25) is 0 Å². The van der Waals surface area contributed by atoms with Crippen molar-refractivity contribution in [3.05, 3.63) is 35.9 Å². The number of ether oxygens (including phenoxy) is 1. The summed E-state index contributed by atoms with van der Waals surface area (Å²) in [6.07, 6.45) is 2.47. The van der Waals surface area contributed by atoms with Crippen molar-refractivity contribution in [2.24, 2.45) is 0 Å². The van der Waals surface area contributed by atoms with Gasteiger partial charge < -0.3 is 14.7 Å². The van der Waals surface area contributed by atoms with Crippen LogP contribution in [-0.4, -0.2) is 40.4 Å². The Morgan fingerprint density at radius 1 is 1.45 bits per heavy atom. The Morgan fingerprint density at radius 3 is 2.80 bits per heavy atom. The monoisotopic (exact) mass is 275 g/mol. The van der Waals surface area contributed by atoms with E-state index < -0.39 is 5.72 Å². The third-order valence-corrected chi connectivity index (χ3v) is 4.48. The van der Waals surface area contributed by atoms with E-state index in [1.807, 2.05) is 35.2 Å². The maximum absolute atomic E-state index is 12.8. The Bertz CT molecular complexity index is 490. The summed E-state index contributed by atoms with van der Waals surface area (Å²) in [5.74, 6) is 0.0176. The summed E-state index contributed by atoms with van der Waals surface area (Å²) in [6, 6.07) is 9.44. The van der Waals surface area contributed by atoms with Crippen molar-refractivity contribution in [3.63, 3.8) is 0 Å². The molecule has 1 heterocycles. The molecule has 3 atom stereocenters. The molecule has 4 heteroatoms. The molecule has 108 valence electrons. The number of hydrogen-bond acceptors (Lipinski definition) is 3. The average molecular weight is 275 g/mol. The molecule has 3 rings (SSSR count). The van der Waals surface area contributed by atoms with Crippen LogP contribution in [0, 0.1) is 0 Å². The lowest BCUT2D eigenvalue weighted by atomic mass is 10.1. The highest BCUT2D eigenvalue weighted by Crippen LogP contribution is 2.43. The number of nitrogens with zero attached hydrogens (tertiary/aromatic N) is 1. The van der Waals surface area contributed by atoms with Crippen LogP contribution in [0.3, 0.4) is 0 Å². The molecule has 1 aromatic rings. The van der Waals surface area contributed by atoms with Crippen molar-refractivity contribution in [3.8, 4) is 0 Å². The lowest BCUT2D eigenvalue weighted by molar-refractivity contribution is -0.0709. The summed E-state index contributed by atoms with van der Waals surface area (Å²) in [4.78, 5) is 14.7. The summed E-state index contributed by atoms with van der Waals surface area (Å²) < 4.78 is 5.98. The molecular weight excluding hydrogens is 254 g/mol. The van der Waals surface area contributed by atoms with Gasteiger partial charge in [-0.1, -0.05) is 25.1 Å². The third kappa shape index (κ3) is 2.13. The quantitative estimate of drug-likeness (QED) is 0.900. The second-order valence-electron chi connectivity index (χ2n) is 5.76. The summed E-state index contributed by atoms with van der Waals surface area (Å²) >= 11 is 0. The van der Waals surface area contributed by atoms with Crippen molar-refractivity contribution >= 4 is 5.91 Å². The molecule has 1 saturated carbocycles. The standard InChI is InChI=1S/C16H21NO3/c1-2-13-11-20-16(9-8-14(18)10-16)17(13)15(19)12-6-4-3-5-7-12/h3-7,13-14,18H,2,8-11H2,1H3/t13-,14-,16+/m0/s1. The highest BCUT2D eigenvalue weighted by Gasteiger charge is 2.53. The number of hydrogen-bond donors (Lipinski definition) is 1. The van der Waals surface area contributed by atoms with E-state index in [1.165, 1.54) is 0 Å². The molecule has 1 saturated heterocycles. The fourth-order valence-electron chi connectivity index (χ4n) is 3.41. The van der Waals surface area contributed by atoms with Crippen LogP contribution in [0.25, 0.3) is 0 Å². The molecule has 1 aliphatic carbocycles. The molecule has 1 aliphatic heterocycles. The van der Waals surface area contributed by atoms with Gasteiger partial charge in [0.25, 0.3) is 5.91 Å².